The number of aromatic nitrogens is 1. The molecule has 3 heterocycles. The van der Waals surface area contributed by atoms with E-state index in [0.29, 0.717) is 18.4 Å². The molecule has 1 amide bonds. The van der Waals surface area contributed by atoms with Crippen LogP contribution >= 0.6 is 0 Å². The molecule has 4 heteroatoms. The first-order valence-corrected chi connectivity index (χ1v) is 9.83. The maximum atomic E-state index is 13.1. The molecule has 1 aromatic heterocycles. The summed E-state index contributed by atoms with van der Waals surface area (Å²) in [6.07, 6.45) is 3.38. The normalized spacial score (nSPS) is 26.5. The molecule has 4 rings (SSSR count). The number of likely N-dealkylation sites (tertiary alicyclic amines) is 1. The van der Waals surface area contributed by atoms with Crippen molar-refractivity contribution in [2.45, 2.75) is 32.9 Å². The van der Waals surface area contributed by atoms with Gasteiger partial charge in [-0.15, -0.1) is 0 Å². The summed E-state index contributed by atoms with van der Waals surface area (Å²) in [5, 5.41) is 0. The van der Waals surface area contributed by atoms with Crippen molar-refractivity contribution in [3.63, 3.8) is 0 Å². The van der Waals surface area contributed by atoms with Gasteiger partial charge in [0.15, 0.2) is 0 Å². The van der Waals surface area contributed by atoms with Crippen molar-refractivity contribution in [1.29, 1.82) is 0 Å². The second-order valence-corrected chi connectivity index (χ2v) is 8.15. The molecular weight excluding hydrogens is 322 g/mol. The monoisotopic (exact) mass is 351 g/mol. The average Bonchev–Trinajstić information content (AvgIpc) is 3.10. The molecule has 3 unspecified atom stereocenters. The van der Waals surface area contributed by atoms with Gasteiger partial charge in [0.2, 0.25) is 5.91 Å². The van der Waals surface area contributed by atoms with Crippen LogP contribution in [0.15, 0.2) is 48.7 Å². The van der Waals surface area contributed by atoms with E-state index in [4.69, 9.17) is 0 Å². The SMILES string of the molecule is CC1CC(C)CN(C(=O)CN2CCn3cccc3C2c2ccccc2)C1. The first kappa shape index (κ1) is 17.3. The Bertz CT molecular complexity index is 744. The summed E-state index contributed by atoms with van der Waals surface area (Å²) in [6.45, 7) is 8.70. The van der Waals surface area contributed by atoms with Crippen LogP contribution in [0.2, 0.25) is 0 Å². The Labute approximate surface area is 156 Å². The lowest BCUT2D eigenvalue weighted by Crippen LogP contribution is -2.49. The minimum absolute atomic E-state index is 0.156. The predicted octanol–water partition coefficient (Wildman–Crippen LogP) is 3.40. The summed E-state index contributed by atoms with van der Waals surface area (Å²) in [4.78, 5) is 17.5. The van der Waals surface area contributed by atoms with Gasteiger partial charge >= 0.3 is 0 Å². The van der Waals surface area contributed by atoms with Crippen molar-refractivity contribution in [3.8, 4) is 0 Å². The molecular formula is C22H29N3O. The molecule has 3 atom stereocenters. The van der Waals surface area contributed by atoms with Crippen LogP contribution in [-0.4, -0.2) is 46.5 Å². The van der Waals surface area contributed by atoms with E-state index in [-0.39, 0.29) is 11.9 Å². The third-order valence-corrected chi connectivity index (χ3v) is 5.81. The summed E-state index contributed by atoms with van der Waals surface area (Å²) >= 11 is 0. The standard InChI is InChI=1S/C22H29N3O/c1-17-13-18(2)15-25(14-17)21(26)16-24-12-11-23-10-6-9-20(23)22(24)19-7-4-3-5-8-19/h3-10,17-18,22H,11-16H2,1-2H3. The average molecular weight is 351 g/mol. The molecule has 0 aliphatic carbocycles. The van der Waals surface area contributed by atoms with E-state index in [2.05, 4.69) is 76.9 Å². The molecule has 1 saturated heterocycles. The smallest absolute Gasteiger partial charge is 0.236 e. The molecule has 0 bridgehead atoms. The van der Waals surface area contributed by atoms with E-state index in [1.165, 1.54) is 17.7 Å². The second-order valence-electron chi connectivity index (χ2n) is 8.15. The molecule has 2 aliphatic heterocycles. The first-order valence-electron chi connectivity index (χ1n) is 9.83. The van der Waals surface area contributed by atoms with Crippen LogP contribution in [0.3, 0.4) is 0 Å². The molecule has 26 heavy (non-hydrogen) atoms. The van der Waals surface area contributed by atoms with Crippen molar-refractivity contribution in [2.24, 2.45) is 11.8 Å². The van der Waals surface area contributed by atoms with Gasteiger partial charge in [-0.1, -0.05) is 44.2 Å². The van der Waals surface area contributed by atoms with Crippen molar-refractivity contribution in [1.82, 2.24) is 14.4 Å². The molecule has 0 saturated carbocycles. The number of hydrogen-bond donors (Lipinski definition) is 0. The maximum Gasteiger partial charge on any atom is 0.236 e. The number of amides is 1. The summed E-state index contributed by atoms with van der Waals surface area (Å²) in [5.74, 6) is 1.49. The Morgan fingerprint density at radius 2 is 1.73 bits per heavy atom. The van der Waals surface area contributed by atoms with E-state index >= 15 is 0 Å². The van der Waals surface area contributed by atoms with E-state index in [1.54, 1.807) is 0 Å². The van der Waals surface area contributed by atoms with Crippen LogP contribution in [0.25, 0.3) is 0 Å². The molecule has 1 aromatic carbocycles. The lowest BCUT2D eigenvalue weighted by atomic mass is 9.92. The van der Waals surface area contributed by atoms with Crippen molar-refractivity contribution < 1.29 is 4.79 Å². The Hall–Kier alpha value is -2.07. The van der Waals surface area contributed by atoms with Gasteiger partial charge in [-0.3, -0.25) is 9.69 Å². The molecule has 2 aliphatic rings. The van der Waals surface area contributed by atoms with Crippen LogP contribution in [0.5, 0.6) is 0 Å². The van der Waals surface area contributed by atoms with E-state index in [9.17, 15) is 4.79 Å². The third kappa shape index (κ3) is 3.43. The summed E-state index contributed by atoms with van der Waals surface area (Å²) < 4.78 is 2.32. The zero-order chi connectivity index (χ0) is 18.1. The first-order chi connectivity index (χ1) is 12.6. The fourth-order valence-corrected chi connectivity index (χ4v) is 4.76. The van der Waals surface area contributed by atoms with Gasteiger partial charge in [-0.05, 0) is 36.0 Å². The maximum absolute atomic E-state index is 13.1. The highest BCUT2D eigenvalue weighted by Gasteiger charge is 2.32. The summed E-state index contributed by atoms with van der Waals surface area (Å²) in [5.41, 5.74) is 2.55. The Balaban J connectivity index is 1.56. The van der Waals surface area contributed by atoms with Crippen LogP contribution in [0, 0.1) is 11.8 Å². The fourth-order valence-electron chi connectivity index (χ4n) is 4.76. The minimum Gasteiger partial charge on any atom is -0.348 e. The fraction of sp³-hybridized carbons (Fsp3) is 0.500. The van der Waals surface area contributed by atoms with E-state index in [0.717, 1.165) is 26.2 Å². The number of carbonyl (C=O) groups excluding carboxylic acids is 1. The zero-order valence-corrected chi connectivity index (χ0v) is 15.8. The van der Waals surface area contributed by atoms with Crippen molar-refractivity contribution in [2.75, 3.05) is 26.2 Å². The molecule has 1 fully saturated rings. The van der Waals surface area contributed by atoms with Gasteiger partial charge in [0.25, 0.3) is 0 Å². The highest BCUT2D eigenvalue weighted by Crippen LogP contribution is 2.32. The highest BCUT2D eigenvalue weighted by atomic mass is 16.2. The van der Waals surface area contributed by atoms with Crippen molar-refractivity contribution >= 4 is 5.91 Å². The van der Waals surface area contributed by atoms with Gasteiger partial charge in [-0.25, -0.2) is 0 Å². The number of carbonyl (C=O) groups is 1. The van der Waals surface area contributed by atoms with Crippen molar-refractivity contribution in [3.05, 3.63) is 59.9 Å². The van der Waals surface area contributed by atoms with Crippen LogP contribution in [0.4, 0.5) is 0 Å². The summed E-state index contributed by atoms with van der Waals surface area (Å²) in [7, 11) is 0. The molecule has 0 N–H and O–H groups in total. The van der Waals surface area contributed by atoms with Crippen LogP contribution in [0.1, 0.15) is 37.6 Å². The number of nitrogens with zero attached hydrogens (tertiary/aromatic N) is 3. The molecule has 0 radical (unpaired) electrons. The Morgan fingerprint density at radius 1 is 1.00 bits per heavy atom. The molecule has 0 spiro atoms. The van der Waals surface area contributed by atoms with Gasteiger partial charge in [0.1, 0.15) is 0 Å². The third-order valence-electron chi connectivity index (χ3n) is 5.81. The van der Waals surface area contributed by atoms with Gasteiger partial charge in [0, 0.05) is 38.1 Å². The number of piperidine rings is 1. The lowest BCUT2D eigenvalue weighted by molar-refractivity contribution is -0.135. The van der Waals surface area contributed by atoms with Gasteiger partial charge < -0.3 is 9.47 Å². The topological polar surface area (TPSA) is 28.5 Å². The molecule has 2 aromatic rings. The predicted molar refractivity (Wildman–Crippen MR) is 104 cm³/mol. The Morgan fingerprint density at radius 3 is 2.46 bits per heavy atom. The number of benzene rings is 1. The van der Waals surface area contributed by atoms with E-state index < -0.39 is 0 Å². The zero-order valence-electron chi connectivity index (χ0n) is 15.8. The van der Waals surface area contributed by atoms with Gasteiger partial charge in [0.05, 0.1) is 12.6 Å². The minimum atomic E-state index is 0.156. The number of rotatable bonds is 3. The quantitative estimate of drug-likeness (QED) is 0.848. The number of fused-ring (bicyclic) bond motifs is 1. The van der Waals surface area contributed by atoms with E-state index in [1.807, 2.05) is 0 Å². The molecule has 4 nitrogen and oxygen atoms in total. The highest BCUT2D eigenvalue weighted by molar-refractivity contribution is 5.78. The van der Waals surface area contributed by atoms with Gasteiger partial charge in [-0.2, -0.15) is 0 Å². The van der Waals surface area contributed by atoms with Crippen LogP contribution in [-0.2, 0) is 11.3 Å². The Kier molecular flexibility index (Phi) is 4.86. The number of hydrogen-bond acceptors (Lipinski definition) is 2. The largest absolute Gasteiger partial charge is 0.348 e. The summed E-state index contributed by atoms with van der Waals surface area (Å²) in [6, 6.07) is 15.0. The molecule has 138 valence electrons. The second kappa shape index (κ2) is 7.28. The van der Waals surface area contributed by atoms with Crippen LogP contribution < -0.4 is 0 Å². The lowest BCUT2D eigenvalue weighted by Gasteiger charge is -2.40.